The first kappa shape index (κ1) is 11.9. The van der Waals surface area contributed by atoms with Gasteiger partial charge < -0.3 is 10.4 Å². The summed E-state index contributed by atoms with van der Waals surface area (Å²) in [6.45, 7) is 0. The SMILES string of the molecule is O=C(O)c1ccc(Nc2cc(F)cc(F)c2)nn1. The van der Waals surface area contributed by atoms with E-state index in [0.29, 0.717) is 0 Å². The maximum atomic E-state index is 12.9. The molecule has 0 unspecified atom stereocenters. The van der Waals surface area contributed by atoms with Crippen LogP contribution >= 0.6 is 0 Å². The van der Waals surface area contributed by atoms with Crippen molar-refractivity contribution in [2.45, 2.75) is 0 Å². The average Bonchev–Trinajstić information content (AvgIpc) is 2.28. The van der Waals surface area contributed by atoms with Gasteiger partial charge in [-0.3, -0.25) is 0 Å². The quantitative estimate of drug-likeness (QED) is 0.874. The molecule has 0 amide bonds. The summed E-state index contributed by atoms with van der Waals surface area (Å²) >= 11 is 0. The number of hydrogen-bond donors (Lipinski definition) is 2. The molecule has 5 nitrogen and oxygen atoms in total. The highest BCUT2D eigenvalue weighted by Gasteiger charge is 2.06. The normalized spacial score (nSPS) is 10.1. The first-order valence-corrected chi connectivity index (χ1v) is 4.85. The summed E-state index contributed by atoms with van der Waals surface area (Å²) in [6.07, 6.45) is 0. The highest BCUT2D eigenvalue weighted by molar-refractivity contribution is 5.85. The molecule has 0 aliphatic heterocycles. The number of aromatic carboxylic acids is 1. The molecule has 92 valence electrons. The maximum Gasteiger partial charge on any atom is 0.356 e. The van der Waals surface area contributed by atoms with Crippen LogP contribution in [0.4, 0.5) is 20.3 Å². The Kier molecular flexibility index (Phi) is 3.13. The predicted molar refractivity (Wildman–Crippen MR) is 58.6 cm³/mol. The van der Waals surface area contributed by atoms with E-state index in [-0.39, 0.29) is 17.2 Å². The summed E-state index contributed by atoms with van der Waals surface area (Å²) in [5, 5.41) is 18.2. The van der Waals surface area contributed by atoms with Crippen LogP contribution in [-0.2, 0) is 0 Å². The third kappa shape index (κ3) is 2.76. The largest absolute Gasteiger partial charge is 0.476 e. The highest BCUT2D eigenvalue weighted by atomic mass is 19.1. The Bertz CT molecular complexity index is 567. The van der Waals surface area contributed by atoms with Crippen LogP contribution < -0.4 is 5.32 Å². The highest BCUT2D eigenvalue weighted by Crippen LogP contribution is 2.17. The van der Waals surface area contributed by atoms with Gasteiger partial charge in [0.25, 0.3) is 0 Å². The second-order valence-electron chi connectivity index (χ2n) is 3.39. The van der Waals surface area contributed by atoms with Crippen LogP contribution in [0, 0.1) is 11.6 Å². The minimum atomic E-state index is -1.20. The Balaban J connectivity index is 2.20. The smallest absolute Gasteiger partial charge is 0.356 e. The van der Waals surface area contributed by atoms with Gasteiger partial charge in [0.1, 0.15) is 11.6 Å². The number of carbonyl (C=O) groups is 1. The van der Waals surface area contributed by atoms with Crippen molar-refractivity contribution < 1.29 is 18.7 Å². The first-order chi connectivity index (χ1) is 8.54. The first-order valence-electron chi connectivity index (χ1n) is 4.85. The number of carboxylic acids is 1. The Morgan fingerprint density at radius 3 is 2.28 bits per heavy atom. The molecule has 1 aromatic carbocycles. The zero-order chi connectivity index (χ0) is 13.1. The topological polar surface area (TPSA) is 75.1 Å². The van der Waals surface area contributed by atoms with Crippen LogP contribution in [0.3, 0.4) is 0 Å². The minimum Gasteiger partial charge on any atom is -0.476 e. The van der Waals surface area contributed by atoms with Crippen molar-refractivity contribution in [2.75, 3.05) is 5.32 Å². The van der Waals surface area contributed by atoms with Crippen LogP contribution in [0.5, 0.6) is 0 Å². The second kappa shape index (κ2) is 4.74. The van der Waals surface area contributed by atoms with Gasteiger partial charge in [0.05, 0.1) is 0 Å². The molecule has 7 heteroatoms. The van der Waals surface area contributed by atoms with Gasteiger partial charge in [0.2, 0.25) is 0 Å². The van der Waals surface area contributed by atoms with Crippen molar-refractivity contribution in [3.63, 3.8) is 0 Å². The lowest BCUT2D eigenvalue weighted by molar-refractivity contribution is 0.0689. The summed E-state index contributed by atoms with van der Waals surface area (Å²) in [5.41, 5.74) is -0.0594. The summed E-state index contributed by atoms with van der Waals surface area (Å²) in [4.78, 5) is 10.5. The average molecular weight is 251 g/mol. The van der Waals surface area contributed by atoms with E-state index < -0.39 is 17.6 Å². The summed E-state index contributed by atoms with van der Waals surface area (Å²) in [7, 11) is 0. The number of anilines is 2. The van der Waals surface area contributed by atoms with Gasteiger partial charge in [-0.25, -0.2) is 13.6 Å². The summed E-state index contributed by atoms with van der Waals surface area (Å²) < 4.78 is 25.8. The van der Waals surface area contributed by atoms with Gasteiger partial charge in [-0.15, -0.1) is 10.2 Å². The van der Waals surface area contributed by atoms with E-state index in [2.05, 4.69) is 15.5 Å². The van der Waals surface area contributed by atoms with Crippen LogP contribution in [-0.4, -0.2) is 21.3 Å². The molecule has 2 aromatic rings. The van der Waals surface area contributed by atoms with E-state index in [4.69, 9.17) is 5.11 Å². The maximum absolute atomic E-state index is 12.9. The van der Waals surface area contributed by atoms with Crippen molar-refractivity contribution in [1.29, 1.82) is 0 Å². The van der Waals surface area contributed by atoms with Gasteiger partial charge in [0.15, 0.2) is 11.5 Å². The molecule has 0 radical (unpaired) electrons. The molecular weight excluding hydrogens is 244 g/mol. The third-order valence-corrected chi connectivity index (χ3v) is 2.02. The molecule has 1 heterocycles. The number of carboxylic acid groups (broad SMARTS) is 1. The number of nitrogens with one attached hydrogen (secondary N) is 1. The fourth-order valence-corrected chi connectivity index (χ4v) is 1.29. The third-order valence-electron chi connectivity index (χ3n) is 2.02. The van der Waals surface area contributed by atoms with E-state index in [1.54, 1.807) is 0 Å². The van der Waals surface area contributed by atoms with E-state index in [1.165, 1.54) is 12.1 Å². The molecule has 0 fully saturated rings. The lowest BCUT2D eigenvalue weighted by Gasteiger charge is -2.05. The zero-order valence-electron chi connectivity index (χ0n) is 8.89. The zero-order valence-corrected chi connectivity index (χ0v) is 8.89. The Morgan fingerprint density at radius 2 is 1.78 bits per heavy atom. The molecule has 2 N–H and O–H groups in total. The van der Waals surface area contributed by atoms with E-state index in [0.717, 1.165) is 18.2 Å². The molecule has 0 saturated heterocycles. The fourth-order valence-electron chi connectivity index (χ4n) is 1.29. The lowest BCUT2D eigenvalue weighted by atomic mass is 10.3. The molecule has 2 rings (SSSR count). The summed E-state index contributed by atoms with van der Waals surface area (Å²) in [6, 6.07) is 5.47. The number of halogens is 2. The Morgan fingerprint density at radius 1 is 1.11 bits per heavy atom. The standard InChI is InChI=1S/C11H7F2N3O2/c12-6-3-7(13)5-8(4-6)14-10-2-1-9(11(17)18)15-16-10/h1-5H,(H,14,16)(H,17,18). The van der Waals surface area contributed by atoms with Crippen molar-refractivity contribution >= 4 is 17.5 Å². The molecule has 0 bridgehead atoms. The van der Waals surface area contributed by atoms with E-state index in [9.17, 15) is 13.6 Å². The van der Waals surface area contributed by atoms with Gasteiger partial charge >= 0.3 is 5.97 Å². The number of benzene rings is 1. The second-order valence-corrected chi connectivity index (χ2v) is 3.39. The Labute approximate surface area is 100 Å². The van der Waals surface area contributed by atoms with E-state index >= 15 is 0 Å². The number of aromatic nitrogens is 2. The molecule has 0 atom stereocenters. The molecule has 0 aliphatic carbocycles. The van der Waals surface area contributed by atoms with Crippen molar-refractivity contribution in [1.82, 2.24) is 10.2 Å². The van der Waals surface area contributed by atoms with Crippen LogP contribution in [0.2, 0.25) is 0 Å². The van der Waals surface area contributed by atoms with Crippen molar-refractivity contribution in [2.24, 2.45) is 0 Å². The van der Waals surface area contributed by atoms with Crippen molar-refractivity contribution in [3.05, 3.63) is 47.7 Å². The monoisotopic (exact) mass is 251 g/mol. The molecular formula is C11H7F2N3O2. The number of nitrogens with zero attached hydrogens (tertiary/aromatic N) is 2. The summed E-state index contributed by atoms with van der Waals surface area (Å²) in [5.74, 6) is -2.48. The van der Waals surface area contributed by atoms with E-state index in [1.807, 2.05) is 0 Å². The number of rotatable bonds is 3. The molecule has 0 saturated carbocycles. The molecule has 0 aliphatic rings. The van der Waals surface area contributed by atoms with Gasteiger partial charge in [-0.05, 0) is 24.3 Å². The number of hydrogen-bond acceptors (Lipinski definition) is 4. The van der Waals surface area contributed by atoms with Crippen molar-refractivity contribution in [3.8, 4) is 0 Å². The molecule has 18 heavy (non-hydrogen) atoms. The Hall–Kier alpha value is -2.57. The van der Waals surface area contributed by atoms with Gasteiger partial charge in [-0.1, -0.05) is 0 Å². The minimum absolute atomic E-state index is 0.157. The van der Waals surface area contributed by atoms with Crippen LogP contribution in [0.1, 0.15) is 10.5 Å². The van der Waals surface area contributed by atoms with Crippen LogP contribution in [0.25, 0.3) is 0 Å². The molecule has 1 aromatic heterocycles. The lowest BCUT2D eigenvalue weighted by Crippen LogP contribution is -2.03. The predicted octanol–water partition coefficient (Wildman–Crippen LogP) is 2.20. The van der Waals surface area contributed by atoms with Crippen LogP contribution in [0.15, 0.2) is 30.3 Å². The molecule has 0 spiro atoms. The fraction of sp³-hybridized carbons (Fsp3) is 0. The van der Waals surface area contributed by atoms with Gasteiger partial charge in [-0.2, -0.15) is 0 Å². The van der Waals surface area contributed by atoms with Gasteiger partial charge in [0, 0.05) is 11.8 Å².